The fraction of sp³-hybridized carbons (Fsp3) is 0.750. The molecule has 0 aromatic heterocycles. The largest absolute Gasteiger partial charge is 0.278 e. The number of rotatable bonds is 1. The van der Waals surface area contributed by atoms with Crippen LogP contribution >= 0.6 is 0 Å². The molecular weight excluding hydrogens is 204 g/mol. The zero-order valence-corrected chi connectivity index (χ0v) is 9.69. The van der Waals surface area contributed by atoms with Gasteiger partial charge < -0.3 is 0 Å². The maximum absolute atomic E-state index is 12.1. The molecule has 4 nitrogen and oxygen atoms in total. The molecule has 0 bridgehead atoms. The molecule has 1 saturated carbocycles. The van der Waals surface area contributed by atoms with Crippen molar-refractivity contribution in [2.24, 2.45) is 11.3 Å². The van der Waals surface area contributed by atoms with Gasteiger partial charge in [-0.15, -0.1) is 0 Å². The highest BCUT2D eigenvalue weighted by Crippen LogP contribution is 2.38. The molecule has 2 amide bonds. The van der Waals surface area contributed by atoms with Crippen LogP contribution in [0.1, 0.15) is 39.5 Å². The fourth-order valence-electron chi connectivity index (χ4n) is 2.71. The SMILES string of the molecule is CC1(C)CC(=O)N(C2CCCC2C#N)C1=O. The third kappa shape index (κ3) is 1.51. The standard InChI is InChI=1S/C12H16N2O2/c1-12(2)6-10(15)14(11(12)16)9-5-3-4-8(9)7-13/h8-9H,3-6H2,1-2H3. The molecule has 1 aliphatic heterocycles. The summed E-state index contributed by atoms with van der Waals surface area (Å²) in [5.74, 6) is -0.381. The Hall–Kier alpha value is -1.37. The van der Waals surface area contributed by atoms with E-state index in [4.69, 9.17) is 5.26 Å². The van der Waals surface area contributed by atoms with Gasteiger partial charge in [0.15, 0.2) is 0 Å². The minimum Gasteiger partial charge on any atom is -0.278 e. The summed E-state index contributed by atoms with van der Waals surface area (Å²) in [6.07, 6.45) is 2.80. The fourth-order valence-corrected chi connectivity index (χ4v) is 2.71. The van der Waals surface area contributed by atoms with Crippen molar-refractivity contribution in [3.63, 3.8) is 0 Å². The van der Waals surface area contributed by atoms with Crippen LogP contribution in [0.2, 0.25) is 0 Å². The lowest BCUT2D eigenvalue weighted by atomic mass is 9.92. The summed E-state index contributed by atoms with van der Waals surface area (Å²) in [5, 5.41) is 9.00. The van der Waals surface area contributed by atoms with Crippen molar-refractivity contribution in [2.45, 2.75) is 45.6 Å². The summed E-state index contributed by atoms with van der Waals surface area (Å²) in [7, 11) is 0. The van der Waals surface area contributed by atoms with Crippen LogP contribution in [-0.2, 0) is 9.59 Å². The highest BCUT2D eigenvalue weighted by molar-refractivity contribution is 6.05. The molecule has 1 saturated heterocycles. The van der Waals surface area contributed by atoms with Gasteiger partial charge in [-0.3, -0.25) is 14.5 Å². The topological polar surface area (TPSA) is 61.2 Å². The van der Waals surface area contributed by atoms with Gasteiger partial charge in [0.25, 0.3) is 0 Å². The van der Waals surface area contributed by atoms with E-state index < -0.39 is 5.41 Å². The summed E-state index contributed by atoms with van der Waals surface area (Å²) < 4.78 is 0. The number of hydrogen-bond donors (Lipinski definition) is 0. The van der Waals surface area contributed by atoms with Crippen molar-refractivity contribution >= 4 is 11.8 Å². The number of carbonyl (C=O) groups is 2. The number of imide groups is 1. The molecule has 2 rings (SSSR count). The van der Waals surface area contributed by atoms with Crippen molar-refractivity contribution < 1.29 is 9.59 Å². The minimum atomic E-state index is -0.584. The molecule has 2 fully saturated rings. The second-order valence-electron chi connectivity index (χ2n) is 5.36. The number of hydrogen-bond acceptors (Lipinski definition) is 3. The van der Waals surface area contributed by atoms with Gasteiger partial charge in [0, 0.05) is 6.42 Å². The van der Waals surface area contributed by atoms with Crippen molar-refractivity contribution in [1.29, 1.82) is 5.26 Å². The van der Waals surface area contributed by atoms with E-state index in [1.54, 1.807) is 13.8 Å². The lowest BCUT2D eigenvalue weighted by Gasteiger charge is -2.26. The molecular formula is C12H16N2O2. The van der Waals surface area contributed by atoms with Gasteiger partial charge in [0.05, 0.1) is 23.4 Å². The predicted octanol–water partition coefficient (Wildman–Crippen LogP) is 1.46. The molecule has 2 atom stereocenters. The Balaban J connectivity index is 2.25. The van der Waals surface area contributed by atoms with Crippen LogP contribution in [0.4, 0.5) is 0 Å². The zero-order valence-electron chi connectivity index (χ0n) is 9.69. The molecule has 0 spiro atoms. The van der Waals surface area contributed by atoms with E-state index in [0.717, 1.165) is 19.3 Å². The van der Waals surface area contributed by atoms with E-state index in [1.165, 1.54) is 4.90 Å². The van der Waals surface area contributed by atoms with Gasteiger partial charge >= 0.3 is 0 Å². The molecule has 1 heterocycles. The minimum absolute atomic E-state index is 0.107. The van der Waals surface area contributed by atoms with E-state index in [-0.39, 0.29) is 30.2 Å². The second-order valence-corrected chi connectivity index (χ2v) is 5.36. The van der Waals surface area contributed by atoms with Crippen molar-refractivity contribution in [1.82, 2.24) is 4.90 Å². The lowest BCUT2D eigenvalue weighted by Crippen LogP contribution is -2.43. The predicted molar refractivity (Wildman–Crippen MR) is 57.0 cm³/mol. The molecule has 4 heteroatoms. The Morgan fingerprint density at radius 1 is 1.38 bits per heavy atom. The van der Waals surface area contributed by atoms with E-state index >= 15 is 0 Å². The molecule has 2 unspecified atom stereocenters. The number of nitrogens with zero attached hydrogens (tertiary/aromatic N) is 2. The van der Waals surface area contributed by atoms with Crippen LogP contribution in [0, 0.1) is 22.7 Å². The summed E-state index contributed by atoms with van der Waals surface area (Å²) in [4.78, 5) is 25.3. The first-order chi connectivity index (χ1) is 7.47. The number of amides is 2. The maximum Gasteiger partial charge on any atom is 0.235 e. The van der Waals surface area contributed by atoms with Gasteiger partial charge in [0.2, 0.25) is 11.8 Å². The van der Waals surface area contributed by atoms with Crippen molar-refractivity contribution in [3.8, 4) is 6.07 Å². The van der Waals surface area contributed by atoms with E-state index in [9.17, 15) is 9.59 Å². The van der Waals surface area contributed by atoms with Crippen molar-refractivity contribution in [2.75, 3.05) is 0 Å². The highest BCUT2D eigenvalue weighted by atomic mass is 16.2. The Labute approximate surface area is 95.2 Å². The van der Waals surface area contributed by atoms with Crippen LogP contribution < -0.4 is 0 Å². The van der Waals surface area contributed by atoms with Gasteiger partial charge in [0.1, 0.15) is 0 Å². The maximum atomic E-state index is 12.1. The summed E-state index contributed by atoms with van der Waals surface area (Å²) >= 11 is 0. The van der Waals surface area contributed by atoms with Crippen LogP contribution in [0.25, 0.3) is 0 Å². The summed E-state index contributed by atoms with van der Waals surface area (Å²) in [6.45, 7) is 3.59. The molecule has 1 aliphatic carbocycles. The van der Waals surface area contributed by atoms with Crippen LogP contribution in [0.5, 0.6) is 0 Å². The van der Waals surface area contributed by atoms with Gasteiger partial charge in [-0.2, -0.15) is 5.26 Å². The second kappa shape index (κ2) is 3.58. The van der Waals surface area contributed by atoms with Crippen LogP contribution in [-0.4, -0.2) is 22.8 Å². The monoisotopic (exact) mass is 220 g/mol. The first-order valence-electron chi connectivity index (χ1n) is 5.73. The van der Waals surface area contributed by atoms with Gasteiger partial charge in [-0.1, -0.05) is 13.8 Å². The Kier molecular flexibility index (Phi) is 2.49. The number of carbonyl (C=O) groups excluding carboxylic acids is 2. The summed E-state index contributed by atoms with van der Waals surface area (Å²) in [6, 6.07) is 2.04. The molecule has 0 radical (unpaired) electrons. The lowest BCUT2D eigenvalue weighted by molar-refractivity contribution is -0.143. The molecule has 86 valence electrons. The van der Waals surface area contributed by atoms with Crippen LogP contribution in [0.3, 0.4) is 0 Å². The molecule has 2 aliphatic rings. The van der Waals surface area contributed by atoms with E-state index in [1.807, 2.05) is 0 Å². The molecule has 0 aromatic carbocycles. The van der Waals surface area contributed by atoms with Crippen molar-refractivity contribution in [3.05, 3.63) is 0 Å². The first-order valence-corrected chi connectivity index (χ1v) is 5.73. The van der Waals surface area contributed by atoms with Gasteiger partial charge in [-0.05, 0) is 19.3 Å². The number of likely N-dealkylation sites (tertiary alicyclic amines) is 1. The Morgan fingerprint density at radius 3 is 2.56 bits per heavy atom. The molecule has 16 heavy (non-hydrogen) atoms. The summed E-state index contributed by atoms with van der Waals surface area (Å²) in [5.41, 5.74) is -0.584. The Morgan fingerprint density at radius 2 is 2.06 bits per heavy atom. The number of nitriles is 1. The highest BCUT2D eigenvalue weighted by Gasteiger charge is 2.50. The van der Waals surface area contributed by atoms with Gasteiger partial charge in [-0.25, -0.2) is 0 Å². The third-order valence-corrected chi connectivity index (χ3v) is 3.64. The van der Waals surface area contributed by atoms with Crippen LogP contribution in [0.15, 0.2) is 0 Å². The Bertz CT molecular complexity index is 381. The normalized spacial score (nSPS) is 33.2. The third-order valence-electron chi connectivity index (χ3n) is 3.64. The molecule has 0 N–H and O–H groups in total. The van der Waals surface area contributed by atoms with E-state index in [2.05, 4.69) is 6.07 Å². The quantitative estimate of drug-likeness (QED) is 0.628. The average Bonchev–Trinajstić information content (AvgIpc) is 2.71. The zero-order chi connectivity index (χ0) is 11.9. The molecule has 0 aromatic rings. The average molecular weight is 220 g/mol. The first kappa shape index (κ1) is 11.1. The van der Waals surface area contributed by atoms with E-state index in [0.29, 0.717) is 0 Å². The smallest absolute Gasteiger partial charge is 0.235 e.